The van der Waals surface area contributed by atoms with Crippen molar-refractivity contribution in [2.24, 2.45) is 5.92 Å². The van der Waals surface area contributed by atoms with E-state index in [1.165, 1.54) is 0 Å². The Labute approximate surface area is 244 Å². The monoisotopic (exact) mass is 588 g/mol. The SMILES string of the molecule is CCC[C@]12OC(C)(C)O[C@H]1[C@H](OCc1ccccc1)[C@@H](O[Si](C)(C)C(C)(C)C)[C@H]1CC=CC(=O)[C@]12O[Si](C)(C)C. The highest BCUT2D eigenvalue weighted by atomic mass is 28.4. The maximum atomic E-state index is 14.4. The number of hydrogen-bond acceptors (Lipinski definition) is 6. The molecule has 0 spiro atoms. The fourth-order valence-corrected chi connectivity index (χ4v) is 9.41. The van der Waals surface area contributed by atoms with Gasteiger partial charge in [-0.15, -0.1) is 0 Å². The molecule has 8 heteroatoms. The Bertz CT molecular complexity index is 1090. The summed E-state index contributed by atoms with van der Waals surface area (Å²) < 4.78 is 35.2. The zero-order valence-corrected chi connectivity index (χ0v) is 28.6. The maximum absolute atomic E-state index is 14.4. The molecule has 3 aliphatic rings. The molecule has 1 saturated carbocycles. The largest absolute Gasteiger partial charge is 0.411 e. The van der Waals surface area contributed by atoms with Crippen LogP contribution in [0.15, 0.2) is 42.5 Å². The average molecular weight is 589 g/mol. The Morgan fingerprint density at radius 3 is 2.25 bits per heavy atom. The lowest BCUT2D eigenvalue weighted by Crippen LogP contribution is -2.80. The second-order valence-corrected chi connectivity index (χ2v) is 24.0. The van der Waals surface area contributed by atoms with E-state index in [0.717, 1.165) is 12.0 Å². The van der Waals surface area contributed by atoms with E-state index >= 15 is 0 Å². The van der Waals surface area contributed by atoms with Crippen molar-refractivity contribution in [1.82, 2.24) is 0 Å². The summed E-state index contributed by atoms with van der Waals surface area (Å²) in [7, 11) is -4.59. The van der Waals surface area contributed by atoms with E-state index in [9.17, 15) is 4.79 Å². The summed E-state index contributed by atoms with van der Waals surface area (Å²) in [4.78, 5) is 14.4. The van der Waals surface area contributed by atoms with Gasteiger partial charge < -0.3 is 23.1 Å². The molecule has 2 fully saturated rings. The van der Waals surface area contributed by atoms with Gasteiger partial charge in [-0.05, 0) is 76.1 Å². The van der Waals surface area contributed by atoms with Crippen LogP contribution in [0.2, 0.25) is 37.8 Å². The Hall–Kier alpha value is -1.14. The quantitative estimate of drug-likeness (QED) is 0.280. The number of carbonyl (C=O) groups is 1. The van der Waals surface area contributed by atoms with Gasteiger partial charge in [-0.1, -0.05) is 70.5 Å². The lowest BCUT2D eigenvalue weighted by atomic mass is 9.56. The summed E-state index contributed by atoms with van der Waals surface area (Å²) >= 11 is 0. The van der Waals surface area contributed by atoms with Gasteiger partial charge in [0.25, 0.3) is 0 Å². The third-order valence-electron chi connectivity index (χ3n) is 9.10. The molecule has 6 nitrogen and oxygen atoms in total. The fourth-order valence-electron chi connectivity index (χ4n) is 6.69. The van der Waals surface area contributed by atoms with Crippen LogP contribution in [0.1, 0.15) is 66.4 Å². The molecular formula is C32H52O6Si2. The van der Waals surface area contributed by atoms with Crippen molar-refractivity contribution in [2.75, 3.05) is 0 Å². The number of carbonyl (C=O) groups excluding carboxylic acids is 1. The molecule has 4 rings (SSSR count). The van der Waals surface area contributed by atoms with E-state index in [-0.39, 0.29) is 16.7 Å². The molecule has 0 amide bonds. The number of ketones is 1. The van der Waals surface area contributed by atoms with Crippen LogP contribution in [-0.2, 0) is 34.5 Å². The molecule has 0 bridgehead atoms. The number of fused-ring (bicyclic) bond motifs is 3. The third-order valence-corrected chi connectivity index (χ3v) is 14.5. The van der Waals surface area contributed by atoms with Gasteiger partial charge in [-0.25, -0.2) is 0 Å². The van der Waals surface area contributed by atoms with Crippen LogP contribution >= 0.6 is 0 Å². The summed E-state index contributed by atoms with van der Waals surface area (Å²) in [5.74, 6) is -1.22. The minimum atomic E-state index is -2.31. The van der Waals surface area contributed by atoms with Gasteiger partial charge in [0, 0.05) is 5.92 Å². The molecule has 1 aromatic rings. The number of benzene rings is 1. The molecule has 2 aliphatic carbocycles. The highest BCUT2D eigenvalue weighted by Gasteiger charge is 2.78. The molecule has 40 heavy (non-hydrogen) atoms. The zero-order valence-electron chi connectivity index (χ0n) is 26.6. The molecule has 224 valence electrons. The van der Waals surface area contributed by atoms with Crippen molar-refractivity contribution < 1.29 is 27.9 Å². The average Bonchev–Trinajstić information content (AvgIpc) is 3.10. The second kappa shape index (κ2) is 10.9. The minimum absolute atomic E-state index is 0.0297. The Kier molecular flexibility index (Phi) is 8.62. The van der Waals surface area contributed by atoms with Gasteiger partial charge in [0.15, 0.2) is 33.8 Å². The first-order valence-corrected chi connectivity index (χ1v) is 21.3. The normalized spacial score (nSPS) is 34.0. The Balaban J connectivity index is 1.96. The topological polar surface area (TPSA) is 63.2 Å². The van der Waals surface area contributed by atoms with Gasteiger partial charge in [-0.3, -0.25) is 4.79 Å². The molecule has 0 radical (unpaired) electrons. The first-order valence-electron chi connectivity index (χ1n) is 15.0. The number of hydrogen-bond donors (Lipinski definition) is 0. The number of allylic oxidation sites excluding steroid dienone is 1. The standard InChI is InChI=1S/C32H52O6Si2/c1-12-21-31-28(35-30(5,6)37-31)27(34-22-23-17-14-13-15-18-23)26(36-40(10,11)29(2,3)4)24-19-16-20-25(33)32(24,31)38-39(7,8)9/h13-18,20,24,26-28H,12,19,21-22H2,1-11H3/t24-,26+,27-,28+,31+,32-/m1/s1. The molecule has 1 heterocycles. The summed E-state index contributed by atoms with van der Waals surface area (Å²) in [5.41, 5.74) is -1.14. The smallest absolute Gasteiger partial charge is 0.192 e. The van der Waals surface area contributed by atoms with Crippen LogP contribution in [0, 0.1) is 5.92 Å². The minimum Gasteiger partial charge on any atom is -0.411 e. The summed E-state index contributed by atoms with van der Waals surface area (Å²) in [6.45, 7) is 24.2. The first-order chi connectivity index (χ1) is 18.4. The van der Waals surface area contributed by atoms with E-state index in [4.69, 9.17) is 23.1 Å². The van der Waals surface area contributed by atoms with E-state index in [2.05, 4.69) is 72.6 Å². The van der Waals surface area contributed by atoms with Crippen molar-refractivity contribution in [3.05, 3.63) is 48.0 Å². The maximum Gasteiger partial charge on any atom is 0.192 e. The molecule has 0 unspecified atom stereocenters. The summed E-state index contributed by atoms with van der Waals surface area (Å²) in [5, 5.41) is -0.0297. The molecule has 1 saturated heterocycles. The number of ether oxygens (including phenoxy) is 3. The van der Waals surface area contributed by atoms with Crippen LogP contribution < -0.4 is 0 Å². The van der Waals surface area contributed by atoms with Crippen LogP contribution in [0.4, 0.5) is 0 Å². The van der Waals surface area contributed by atoms with Gasteiger partial charge in [0.2, 0.25) is 0 Å². The Morgan fingerprint density at radius 1 is 1.02 bits per heavy atom. The van der Waals surface area contributed by atoms with E-state index in [1.807, 2.05) is 38.1 Å². The molecule has 1 aliphatic heterocycles. The zero-order chi connectivity index (χ0) is 29.8. The van der Waals surface area contributed by atoms with Gasteiger partial charge in [0.05, 0.1) is 12.7 Å². The molecule has 1 aromatic carbocycles. The number of rotatable bonds is 9. The molecular weight excluding hydrogens is 537 g/mol. The van der Waals surface area contributed by atoms with E-state index in [1.54, 1.807) is 6.08 Å². The predicted molar refractivity (Wildman–Crippen MR) is 164 cm³/mol. The van der Waals surface area contributed by atoms with E-state index in [0.29, 0.717) is 19.4 Å². The van der Waals surface area contributed by atoms with Gasteiger partial charge in [-0.2, -0.15) is 0 Å². The molecule has 6 atom stereocenters. The van der Waals surface area contributed by atoms with E-state index < -0.39 is 51.9 Å². The van der Waals surface area contributed by atoms with Crippen LogP contribution in [0.3, 0.4) is 0 Å². The highest BCUT2D eigenvalue weighted by molar-refractivity contribution is 6.74. The predicted octanol–water partition coefficient (Wildman–Crippen LogP) is 7.40. The van der Waals surface area contributed by atoms with Gasteiger partial charge >= 0.3 is 0 Å². The second-order valence-electron chi connectivity index (χ2n) is 14.8. The molecule has 0 N–H and O–H groups in total. The lowest BCUT2D eigenvalue weighted by Gasteiger charge is -2.62. The van der Waals surface area contributed by atoms with Crippen molar-refractivity contribution in [3.63, 3.8) is 0 Å². The fraction of sp³-hybridized carbons (Fsp3) is 0.719. The van der Waals surface area contributed by atoms with Crippen LogP contribution in [0.25, 0.3) is 0 Å². The van der Waals surface area contributed by atoms with Crippen molar-refractivity contribution in [1.29, 1.82) is 0 Å². The van der Waals surface area contributed by atoms with Crippen LogP contribution in [-0.4, -0.2) is 57.7 Å². The highest BCUT2D eigenvalue weighted by Crippen LogP contribution is 2.60. The lowest BCUT2D eigenvalue weighted by molar-refractivity contribution is -0.260. The molecule has 0 aromatic heterocycles. The first kappa shape index (κ1) is 31.8. The Morgan fingerprint density at radius 2 is 1.68 bits per heavy atom. The third kappa shape index (κ3) is 5.62. The van der Waals surface area contributed by atoms with Crippen molar-refractivity contribution in [3.8, 4) is 0 Å². The van der Waals surface area contributed by atoms with Crippen molar-refractivity contribution in [2.45, 2.75) is 140 Å². The van der Waals surface area contributed by atoms with Gasteiger partial charge in [0.1, 0.15) is 17.8 Å². The summed E-state index contributed by atoms with van der Waals surface area (Å²) in [6, 6.07) is 10.2. The van der Waals surface area contributed by atoms with Crippen LogP contribution in [0.5, 0.6) is 0 Å². The summed E-state index contributed by atoms with van der Waals surface area (Å²) in [6.07, 6.45) is 4.43. The van der Waals surface area contributed by atoms with Crippen molar-refractivity contribution >= 4 is 22.4 Å².